The van der Waals surface area contributed by atoms with Gasteiger partial charge in [0.05, 0.1) is 11.1 Å². The lowest BCUT2D eigenvalue weighted by atomic mass is 10.2. The van der Waals surface area contributed by atoms with Crippen LogP contribution in [0, 0.1) is 0 Å². The van der Waals surface area contributed by atoms with E-state index in [9.17, 15) is 9.59 Å². The second kappa shape index (κ2) is 7.24. The fourth-order valence-corrected chi connectivity index (χ4v) is 2.06. The number of carbonyl (C=O) groups excluding carboxylic acids is 2. The van der Waals surface area contributed by atoms with Gasteiger partial charge in [-0.1, -0.05) is 36.4 Å². The van der Waals surface area contributed by atoms with Crippen molar-refractivity contribution in [1.82, 2.24) is 0 Å². The Hall–Kier alpha value is -3.40. The van der Waals surface area contributed by atoms with Gasteiger partial charge in [0, 0.05) is 0 Å². The quantitative estimate of drug-likeness (QED) is 0.526. The third kappa shape index (κ3) is 3.87. The summed E-state index contributed by atoms with van der Waals surface area (Å²) in [7, 11) is 0. The highest BCUT2D eigenvalue weighted by atomic mass is 16.6. The smallest absolute Gasteiger partial charge is 0.346 e. The van der Waals surface area contributed by atoms with Crippen molar-refractivity contribution in [3.05, 3.63) is 96.1 Å². The van der Waals surface area contributed by atoms with Crippen LogP contribution in [0.2, 0.25) is 0 Å². The molecular weight excluding hydrogens is 304 g/mol. The third-order valence-electron chi connectivity index (χ3n) is 3.26. The van der Waals surface area contributed by atoms with E-state index in [1.54, 1.807) is 54.6 Å². The summed E-state index contributed by atoms with van der Waals surface area (Å²) in [5.74, 6) is -0.0838. The molecule has 3 rings (SSSR count). The molecule has 0 aromatic heterocycles. The van der Waals surface area contributed by atoms with E-state index in [1.807, 2.05) is 30.3 Å². The number of benzene rings is 3. The molecule has 4 heteroatoms. The minimum absolute atomic E-state index is 0.277. The summed E-state index contributed by atoms with van der Waals surface area (Å²) in [4.78, 5) is 23.9. The lowest BCUT2D eigenvalue weighted by Crippen LogP contribution is -2.12. The number of hydrogen-bond acceptors (Lipinski definition) is 4. The zero-order chi connectivity index (χ0) is 16.8. The van der Waals surface area contributed by atoms with E-state index < -0.39 is 11.9 Å². The van der Waals surface area contributed by atoms with Gasteiger partial charge in [0.25, 0.3) is 0 Å². The van der Waals surface area contributed by atoms with Gasteiger partial charge in [-0.25, -0.2) is 9.59 Å². The van der Waals surface area contributed by atoms with E-state index in [2.05, 4.69) is 0 Å². The molecule has 3 aromatic carbocycles. The first kappa shape index (κ1) is 15.5. The van der Waals surface area contributed by atoms with Gasteiger partial charge in [-0.2, -0.15) is 0 Å². The molecule has 0 atom stereocenters. The van der Waals surface area contributed by atoms with Crippen LogP contribution in [-0.2, 0) is 4.74 Å². The molecule has 3 aromatic rings. The van der Waals surface area contributed by atoms with Crippen molar-refractivity contribution < 1.29 is 19.1 Å². The SMILES string of the molecule is O=C(OC(=O)c1ccc(Oc2ccccc2)cc1)c1ccccc1. The number of para-hydroxylation sites is 1. The van der Waals surface area contributed by atoms with Crippen LogP contribution < -0.4 is 4.74 Å². The van der Waals surface area contributed by atoms with Crippen molar-refractivity contribution in [2.45, 2.75) is 0 Å². The zero-order valence-electron chi connectivity index (χ0n) is 12.7. The molecule has 0 bridgehead atoms. The van der Waals surface area contributed by atoms with Crippen LogP contribution in [-0.4, -0.2) is 11.9 Å². The van der Waals surface area contributed by atoms with Gasteiger partial charge in [0.2, 0.25) is 0 Å². The van der Waals surface area contributed by atoms with Crippen LogP contribution in [0.3, 0.4) is 0 Å². The van der Waals surface area contributed by atoms with Gasteiger partial charge in [-0.05, 0) is 48.5 Å². The standard InChI is InChI=1S/C20H14O4/c21-19(15-7-3-1-4-8-15)24-20(22)16-11-13-18(14-12-16)23-17-9-5-2-6-10-17/h1-14H. The van der Waals surface area contributed by atoms with E-state index in [-0.39, 0.29) is 5.56 Å². The van der Waals surface area contributed by atoms with Crippen LogP contribution in [0.5, 0.6) is 11.5 Å². The van der Waals surface area contributed by atoms with Crippen LogP contribution in [0.4, 0.5) is 0 Å². The zero-order valence-corrected chi connectivity index (χ0v) is 12.7. The van der Waals surface area contributed by atoms with Gasteiger partial charge in [-0.15, -0.1) is 0 Å². The first-order valence-electron chi connectivity index (χ1n) is 7.37. The molecule has 24 heavy (non-hydrogen) atoms. The van der Waals surface area contributed by atoms with Crippen molar-refractivity contribution in [1.29, 1.82) is 0 Å². The maximum Gasteiger partial charge on any atom is 0.346 e. The Kier molecular flexibility index (Phi) is 4.68. The number of carbonyl (C=O) groups is 2. The van der Waals surface area contributed by atoms with Crippen LogP contribution >= 0.6 is 0 Å². The fraction of sp³-hybridized carbons (Fsp3) is 0. The van der Waals surface area contributed by atoms with Crippen LogP contribution in [0.25, 0.3) is 0 Å². The molecule has 0 aliphatic heterocycles. The molecule has 0 N–H and O–H groups in total. The highest BCUT2D eigenvalue weighted by molar-refractivity contribution is 6.02. The fourth-order valence-electron chi connectivity index (χ4n) is 2.06. The van der Waals surface area contributed by atoms with E-state index >= 15 is 0 Å². The number of esters is 2. The second-order valence-corrected chi connectivity index (χ2v) is 4.98. The molecule has 0 aliphatic carbocycles. The van der Waals surface area contributed by atoms with E-state index in [0.29, 0.717) is 17.1 Å². The lowest BCUT2D eigenvalue weighted by Gasteiger charge is -2.06. The Labute approximate surface area is 139 Å². The van der Waals surface area contributed by atoms with Gasteiger partial charge in [-0.3, -0.25) is 0 Å². The Balaban J connectivity index is 1.65. The molecule has 0 heterocycles. The minimum Gasteiger partial charge on any atom is -0.457 e. The molecule has 0 unspecified atom stereocenters. The number of ether oxygens (including phenoxy) is 2. The van der Waals surface area contributed by atoms with Crippen molar-refractivity contribution in [3.63, 3.8) is 0 Å². The maximum atomic E-state index is 12.0. The Bertz CT molecular complexity index is 825. The van der Waals surface area contributed by atoms with E-state index in [1.165, 1.54) is 0 Å². The molecule has 0 saturated carbocycles. The first-order valence-corrected chi connectivity index (χ1v) is 7.37. The predicted octanol–water partition coefficient (Wildman–Crippen LogP) is 4.48. The van der Waals surface area contributed by atoms with E-state index in [0.717, 1.165) is 0 Å². The third-order valence-corrected chi connectivity index (χ3v) is 3.26. The first-order chi connectivity index (χ1) is 11.7. The molecule has 0 aliphatic rings. The predicted molar refractivity (Wildman–Crippen MR) is 89.1 cm³/mol. The van der Waals surface area contributed by atoms with Crippen LogP contribution in [0.15, 0.2) is 84.9 Å². The van der Waals surface area contributed by atoms with E-state index in [4.69, 9.17) is 9.47 Å². The molecule has 0 radical (unpaired) electrons. The van der Waals surface area contributed by atoms with Gasteiger partial charge in [0.1, 0.15) is 11.5 Å². The van der Waals surface area contributed by atoms with Crippen molar-refractivity contribution >= 4 is 11.9 Å². The molecule has 4 nitrogen and oxygen atoms in total. The lowest BCUT2D eigenvalue weighted by molar-refractivity contribution is 0.0398. The second-order valence-electron chi connectivity index (χ2n) is 4.98. The summed E-state index contributed by atoms with van der Waals surface area (Å²) < 4.78 is 10.5. The summed E-state index contributed by atoms with van der Waals surface area (Å²) in [5.41, 5.74) is 0.606. The summed E-state index contributed by atoms with van der Waals surface area (Å²) in [6.07, 6.45) is 0. The summed E-state index contributed by atoms with van der Waals surface area (Å²) in [6, 6.07) is 24.1. The van der Waals surface area contributed by atoms with Gasteiger partial charge in [0.15, 0.2) is 0 Å². The average Bonchev–Trinajstić information content (AvgIpc) is 2.64. The Morgan fingerprint density at radius 2 is 1.00 bits per heavy atom. The minimum atomic E-state index is -0.699. The van der Waals surface area contributed by atoms with Gasteiger partial charge >= 0.3 is 11.9 Å². The maximum absolute atomic E-state index is 12.0. The Morgan fingerprint density at radius 1 is 0.542 bits per heavy atom. The topological polar surface area (TPSA) is 52.6 Å². The number of hydrogen-bond donors (Lipinski definition) is 0. The Morgan fingerprint density at radius 3 is 1.58 bits per heavy atom. The van der Waals surface area contributed by atoms with Crippen molar-refractivity contribution in [2.75, 3.05) is 0 Å². The normalized spacial score (nSPS) is 10.0. The molecule has 0 fully saturated rings. The molecular formula is C20H14O4. The summed E-state index contributed by atoms with van der Waals surface area (Å²) in [5, 5.41) is 0. The van der Waals surface area contributed by atoms with Crippen molar-refractivity contribution in [2.24, 2.45) is 0 Å². The highest BCUT2D eigenvalue weighted by Crippen LogP contribution is 2.21. The largest absolute Gasteiger partial charge is 0.457 e. The average molecular weight is 318 g/mol. The highest BCUT2D eigenvalue weighted by Gasteiger charge is 2.14. The molecule has 0 amide bonds. The summed E-state index contributed by atoms with van der Waals surface area (Å²) in [6.45, 7) is 0. The van der Waals surface area contributed by atoms with Crippen LogP contribution in [0.1, 0.15) is 20.7 Å². The van der Waals surface area contributed by atoms with Crippen molar-refractivity contribution in [3.8, 4) is 11.5 Å². The molecule has 0 saturated heterocycles. The number of rotatable bonds is 4. The monoisotopic (exact) mass is 318 g/mol. The summed E-state index contributed by atoms with van der Waals surface area (Å²) >= 11 is 0. The molecule has 118 valence electrons. The molecule has 0 spiro atoms. The van der Waals surface area contributed by atoms with Gasteiger partial charge < -0.3 is 9.47 Å².